The summed E-state index contributed by atoms with van der Waals surface area (Å²) in [7, 11) is 0. The van der Waals surface area contributed by atoms with Crippen molar-refractivity contribution in [2.75, 3.05) is 19.6 Å². The Bertz CT molecular complexity index is 402. The normalized spacial score (nSPS) is 14.7. The van der Waals surface area contributed by atoms with Gasteiger partial charge in [-0.05, 0) is 31.0 Å². The maximum absolute atomic E-state index is 11.9. The molecule has 1 aliphatic heterocycles. The summed E-state index contributed by atoms with van der Waals surface area (Å²) in [4.78, 5) is 11.9. The second-order valence-electron chi connectivity index (χ2n) is 4.48. The molecule has 1 aromatic carbocycles. The van der Waals surface area contributed by atoms with Crippen LogP contribution in [0.25, 0.3) is 0 Å². The smallest absolute Gasteiger partial charge is 0.251 e. The van der Waals surface area contributed by atoms with Gasteiger partial charge in [0, 0.05) is 31.1 Å². The first kappa shape index (κ1) is 14.0. The van der Waals surface area contributed by atoms with Crippen LogP contribution in [0.2, 0.25) is 0 Å². The van der Waals surface area contributed by atoms with E-state index in [1.807, 2.05) is 32.0 Å². The predicted octanol–water partition coefficient (Wildman–Crippen LogP) is 1.67. The van der Waals surface area contributed by atoms with Gasteiger partial charge in [-0.2, -0.15) is 0 Å². The summed E-state index contributed by atoms with van der Waals surface area (Å²) in [5.74, 6) is 0.655. The Morgan fingerprint density at radius 2 is 2.12 bits per heavy atom. The van der Waals surface area contributed by atoms with Crippen LogP contribution in [0, 0.1) is 19.8 Å². The Morgan fingerprint density at radius 1 is 1.41 bits per heavy atom. The first-order valence-corrected chi connectivity index (χ1v) is 5.73. The van der Waals surface area contributed by atoms with Gasteiger partial charge in [0.2, 0.25) is 0 Å². The minimum absolute atomic E-state index is 0. The van der Waals surface area contributed by atoms with Gasteiger partial charge in [-0.25, -0.2) is 0 Å². The van der Waals surface area contributed by atoms with Crippen molar-refractivity contribution in [1.29, 1.82) is 0 Å². The van der Waals surface area contributed by atoms with Crippen molar-refractivity contribution in [3.63, 3.8) is 0 Å². The molecule has 1 heterocycles. The molecule has 0 aromatic heterocycles. The zero-order chi connectivity index (χ0) is 11.5. The highest BCUT2D eigenvalue weighted by Crippen LogP contribution is 2.12. The van der Waals surface area contributed by atoms with Crippen LogP contribution in [0.3, 0.4) is 0 Å². The lowest BCUT2D eigenvalue weighted by molar-refractivity contribution is 0.0941. The Labute approximate surface area is 108 Å². The lowest BCUT2D eigenvalue weighted by Gasteiger charge is -2.27. The third-order valence-corrected chi connectivity index (χ3v) is 3.27. The van der Waals surface area contributed by atoms with Crippen molar-refractivity contribution < 1.29 is 4.79 Å². The number of hydrogen-bond donors (Lipinski definition) is 2. The van der Waals surface area contributed by atoms with E-state index in [1.165, 1.54) is 0 Å². The molecule has 2 N–H and O–H groups in total. The number of carbonyl (C=O) groups excluding carboxylic acids is 1. The number of aryl methyl sites for hydroxylation is 1. The fourth-order valence-electron chi connectivity index (χ4n) is 1.82. The molecule has 0 unspecified atom stereocenters. The molecule has 0 spiro atoms. The van der Waals surface area contributed by atoms with Gasteiger partial charge in [-0.3, -0.25) is 4.79 Å². The van der Waals surface area contributed by atoms with Gasteiger partial charge in [0.05, 0.1) is 0 Å². The monoisotopic (exact) mass is 254 g/mol. The summed E-state index contributed by atoms with van der Waals surface area (Å²) in [5.41, 5.74) is 3.04. The van der Waals surface area contributed by atoms with Crippen molar-refractivity contribution >= 4 is 18.3 Å². The van der Waals surface area contributed by atoms with Gasteiger partial charge in [0.25, 0.3) is 5.91 Å². The Morgan fingerprint density at radius 3 is 2.71 bits per heavy atom. The number of hydrogen-bond acceptors (Lipinski definition) is 2. The zero-order valence-corrected chi connectivity index (χ0v) is 11.1. The topological polar surface area (TPSA) is 41.1 Å². The molecule has 0 atom stereocenters. The molecule has 0 aliphatic carbocycles. The molecule has 1 aliphatic rings. The molecule has 4 heteroatoms. The van der Waals surface area contributed by atoms with Crippen molar-refractivity contribution in [3.8, 4) is 0 Å². The fourth-order valence-corrected chi connectivity index (χ4v) is 1.82. The van der Waals surface area contributed by atoms with Crippen LogP contribution in [0.1, 0.15) is 21.5 Å². The molecule has 94 valence electrons. The molecular weight excluding hydrogens is 236 g/mol. The lowest BCUT2D eigenvalue weighted by Crippen LogP contribution is -2.48. The third kappa shape index (κ3) is 3.20. The van der Waals surface area contributed by atoms with Crippen LogP contribution in [-0.4, -0.2) is 25.5 Å². The number of benzene rings is 1. The average Bonchev–Trinajstić information content (AvgIpc) is 2.19. The van der Waals surface area contributed by atoms with E-state index >= 15 is 0 Å². The predicted molar refractivity (Wildman–Crippen MR) is 71.9 cm³/mol. The fraction of sp³-hybridized carbons (Fsp3) is 0.462. The van der Waals surface area contributed by atoms with Crippen molar-refractivity contribution in [3.05, 3.63) is 34.9 Å². The van der Waals surface area contributed by atoms with E-state index < -0.39 is 0 Å². The summed E-state index contributed by atoms with van der Waals surface area (Å²) >= 11 is 0. The standard InChI is InChI=1S/C13H18N2O.ClH/c1-9-4-3-5-12(10(9)2)13(16)15-8-11-6-14-7-11;/h3-5,11,14H,6-8H2,1-2H3,(H,15,16);1H. The molecule has 1 amide bonds. The molecular formula is C13H19ClN2O. The van der Waals surface area contributed by atoms with E-state index in [-0.39, 0.29) is 18.3 Å². The second-order valence-corrected chi connectivity index (χ2v) is 4.48. The van der Waals surface area contributed by atoms with Crippen LogP contribution in [-0.2, 0) is 0 Å². The minimum atomic E-state index is 0. The number of amides is 1. The number of halogens is 1. The lowest BCUT2D eigenvalue weighted by atomic mass is 10.0. The molecule has 17 heavy (non-hydrogen) atoms. The Hall–Kier alpha value is -1.06. The highest BCUT2D eigenvalue weighted by atomic mass is 35.5. The molecule has 3 nitrogen and oxygen atoms in total. The zero-order valence-electron chi connectivity index (χ0n) is 10.2. The van der Waals surface area contributed by atoms with Gasteiger partial charge in [-0.15, -0.1) is 12.4 Å². The highest BCUT2D eigenvalue weighted by Gasteiger charge is 2.18. The van der Waals surface area contributed by atoms with Crippen LogP contribution < -0.4 is 10.6 Å². The molecule has 0 radical (unpaired) electrons. The average molecular weight is 255 g/mol. The van der Waals surface area contributed by atoms with E-state index in [9.17, 15) is 4.79 Å². The van der Waals surface area contributed by atoms with Gasteiger partial charge in [-0.1, -0.05) is 12.1 Å². The van der Waals surface area contributed by atoms with E-state index in [1.54, 1.807) is 0 Å². The molecule has 0 saturated carbocycles. The number of nitrogens with one attached hydrogen (secondary N) is 2. The van der Waals surface area contributed by atoms with Gasteiger partial charge < -0.3 is 10.6 Å². The summed E-state index contributed by atoms with van der Waals surface area (Å²) < 4.78 is 0. The maximum atomic E-state index is 11.9. The summed E-state index contributed by atoms with van der Waals surface area (Å²) in [6, 6.07) is 5.85. The SMILES string of the molecule is Cc1cccc(C(=O)NCC2CNC2)c1C.Cl. The number of rotatable bonds is 3. The molecule has 0 bridgehead atoms. The van der Waals surface area contributed by atoms with Gasteiger partial charge >= 0.3 is 0 Å². The Kier molecular flexibility index (Phi) is 4.97. The highest BCUT2D eigenvalue weighted by molar-refractivity contribution is 5.95. The van der Waals surface area contributed by atoms with E-state index in [0.717, 1.165) is 36.3 Å². The van der Waals surface area contributed by atoms with E-state index in [2.05, 4.69) is 10.6 Å². The first-order valence-electron chi connectivity index (χ1n) is 5.73. The van der Waals surface area contributed by atoms with Crippen molar-refractivity contribution in [2.45, 2.75) is 13.8 Å². The summed E-state index contributed by atoms with van der Waals surface area (Å²) in [6.07, 6.45) is 0. The van der Waals surface area contributed by atoms with Crippen LogP contribution in [0.5, 0.6) is 0 Å². The molecule has 1 aromatic rings. The van der Waals surface area contributed by atoms with E-state index in [4.69, 9.17) is 0 Å². The molecule has 2 rings (SSSR count). The first-order chi connectivity index (χ1) is 7.68. The third-order valence-electron chi connectivity index (χ3n) is 3.27. The van der Waals surface area contributed by atoms with Crippen LogP contribution in [0.4, 0.5) is 0 Å². The summed E-state index contributed by atoms with van der Waals surface area (Å²) in [6.45, 7) is 6.84. The minimum Gasteiger partial charge on any atom is -0.352 e. The maximum Gasteiger partial charge on any atom is 0.251 e. The van der Waals surface area contributed by atoms with Crippen LogP contribution >= 0.6 is 12.4 Å². The van der Waals surface area contributed by atoms with Crippen LogP contribution in [0.15, 0.2) is 18.2 Å². The second kappa shape index (κ2) is 6.03. The largest absolute Gasteiger partial charge is 0.352 e. The van der Waals surface area contributed by atoms with Crippen molar-refractivity contribution in [1.82, 2.24) is 10.6 Å². The number of carbonyl (C=O) groups is 1. The molecule has 1 fully saturated rings. The van der Waals surface area contributed by atoms with Crippen molar-refractivity contribution in [2.24, 2.45) is 5.92 Å². The molecule has 1 saturated heterocycles. The quantitative estimate of drug-likeness (QED) is 0.862. The van der Waals surface area contributed by atoms with E-state index in [0.29, 0.717) is 5.92 Å². The summed E-state index contributed by atoms with van der Waals surface area (Å²) in [5, 5.41) is 6.18. The van der Waals surface area contributed by atoms with Gasteiger partial charge in [0.15, 0.2) is 0 Å². The van der Waals surface area contributed by atoms with Gasteiger partial charge in [0.1, 0.15) is 0 Å². The Balaban J connectivity index is 0.00000144.